The lowest BCUT2D eigenvalue weighted by Gasteiger charge is -1.96. The summed E-state index contributed by atoms with van der Waals surface area (Å²) in [4.78, 5) is 10.8. The number of pyridine rings is 1. The number of carboxylic acid groups (broad SMARTS) is 1. The number of carbonyl (C=O) groups is 1. The minimum atomic E-state index is -1.20. The highest BCUT2D eigenvalue weighted by molar-refractivity contribution is 5.78. The Balaban J connectivity index is 2.90. The van der Waals surface area contributed by atoms with E-state index in [1.165, 1.54) is 6.07 Å². The zero-order valence-corrected chi connectivity index (χ0v) is 7.21. The Morgan fingerprint density at radius 3 is 2.57 bits per heavy atom. The van der Waals surface area contributed by atoms with Gasteiger partial charge >= 0.3 is 12.0 Å². The van der Waals surface area contributed by atoms with Crippen LogP contribution in [0.4, 0.5) is 4.79 Å². The van der Waals surface area contributed by atoms with Crippen LogP contribution in [0.1, 0.15) is 0 Å². The Hall–Kier alpha value is -2.10. The van der Waals surface area contributed by atoms with Crippen LogP contribution in [-0.4, -0.2) is 16.3 Å². The summed E-state index contributed by atoms with van der Waals surface area (Å²) in [7, 11) is 0. The van der Waals surface area contributed by atoms with Gasteiger partial charge in [0.05, 0.1) is 6.07 Å². The quantitative estimate of drug-likeness (QED) is 0.616. The maximum Gasteiger partial charge on any atom is 0.603 e. The normalized spacial score (nSPS) is 10.3. The topological polar surface area (TPSA) is 61.4 Å². The van der Waals surface area contributed by atoms with Crippen molar-refractivity contribution < 1.29 is 19.6 Å². The Bertz CT molecular complexity index is 508. The van der Waals surface area contributed by atoms with E-state index in [9.17, 15) is 9.90 Å². The molecule has 0 aliphatic rings. The van der Waals surface area contributed by atoms with E-state index in [2.05, 4.69) is 0 Å². The van der Waals surface area contributed by atoms with Gasteiger partial charge in [0.25, 0.3) is 0 Å². The van der Waals surface area contributed by atoms with Crippen LogP contribution in [0, 0.1) is 0 Å². The zero-order chi connectivity index (χ0) is 10.1. The van der Waals surface area contributed by atoms with E-state index in [4.69, 9.17) is 5.11 Å². The smallest absolute Gasteiger partial charge is 0.459 e. The molecule has 0 saturated heterocycles. The monoisotopic (exact) mass is 190 g/mol. The van der Waals surface area contributed by atoms with Crippen molar-refractivity contribution in [1.82, 2.24) is 0 Å². The van der Waals surface area contributed by atoms with Gasteiger partial charge in [0.15, 0.2) is 0 Å². The van der Waals surface area contributed by atoms with Crippen molar-refractivity contribution in [3.05, 3.63) is 36.4 Å². The fraction of sp³-hybridized carbons (Fsp3) is 0. The largest absolute Gasteiger partial charge is 0.603 e. The molecule has 0 atom stereocenters. The summed E-state index contributed by atoms with van der Waals surface area (Å²) in [6.07, 6.45) is -1.20. The summed E-state index contributed by atoms with van der Waals surface area (Å²) in [6, 6.07) is 9.99. The summed E-state index contributed by atoms with van der Waals surface area (Å²) < 4.78 is 0.843. The average molecular weight is 190 g/mol. The number of nitrogens with zero attached hydrogens (tertiary/aromatic N) is 1. The maximum absolute atomic E-state index is 10.8. The van der Waals surface area contributed by atoms with Gasteiger partial charge in [-0.25, -0.2) is 0 Å². The van der Waals surface area contributed by atoms with Gasteiger partial charge in [-0.15, -0.1) is 0 Å². The molecule has 0 aliphatic heterocycles. The average Bonchev–Trinajstić information content (AvgIpc) is 2.17. The first kappa shape index (κ1) is 8.50. The molecule has 4 heteroatoms. The van der Waals surface area contributed by atoms with Crippen molar-refractivity contribution in [3.8, 4) is 5.88 Å². The fourth-order valence-electron chi connectivity index (χ4n) is 1.40. The lowest BCUT2D eigenvalue weighted by molar-refractivity contribution is -0.565. The fourth-order valence-corrected chi connectivity index (χ4v) is 1.40. The third-order valence-electron chi connectivity index (χ3n) is 2.01. The van der Waals surface area contributed by atoms with Gasteiger partial charge in [-0.1, -0.05) is 12.1 Å². The number of benzene rings is 1. The van der Waals surface area contributed by atoms with Crippen LogP contribution in [-0.2, 0) is 0 Å². The maximum atomic E-state index is 10.8. The van der Waals surface area contributed by atoms with E-state index >= 15 is 0 Å². The first-order chi connectivity index (χ1) is 6.70. The Morgan fingerprint density at radius 1 is 1.14 bits per heavy atom. The number of hydrogen-bond acceptors (Lipinski definition) is 2. The van der Waals surface area contributed by atoms with Crippen LogP contribution in [0.2, 0.25) is 0 Å². The molecule has 0 aliphatic carbocycles. The zero-order valence-electron chi connectivity index (χ0n) is 7.21. The Morgan fingerprint density at radius 2 is 1.86 bits per heavy atom. The van der Waals surface area contributed by atoms with E-state index in [1.807, 2.05) is 6.07 Å². The first-order valence-electron chi connectivity index (χ1n) is 4.06. The molecule has 0 unspecified atom stereocenters. The van der Waals surface area contributed by atoms with E-state index in [0.29, 0.717) is 5.52 Å². The van der Waals surface area contributed by atoms with Crippen molar-refractivity contribution in [3.63, 3.8) is 0 Å². The minimum Gasteiger partial charge on any atom is -0.459 e. The molecule has 0 spiro atoms. The lowest BCUT2D eigenvalue weighted by atomic mass is 10.2. The van der Waals surface area contributed by atoms with Gasteiger partial charge in [-0.3, -0.25) is 0 Å². The van der Waals surface area contributed by atoms with Crippen LogP contribution >= 0.6 is 0 Å². The van der Waals surface area contributed by atoms with Crippen LogP contribution < -0.4 is 4.57 Å². The molecule has 1 heterocycles. The molecule has 2 rings (SSSR count). The number of para-hydroxylation sites is 1. The molecule has 70 valence electrons. The summed E-state index contributed by atoms with van der Waals surface area (Å²) in [5, 5.41) is 19.0. The molecule has 1 aromatic heterocycles. The summed E-state index contributed by atoms with van der Waals surface area (Å²) in [6.45, 7) is 0. The van der Waals surface area contributed by atoms with Gasteiger partial charge in [-0.2, -0.15) is 4.79 Å². The molecule has 0 amide bonds. The van der Waals surface area contributed by atoms with E-state index in [0.717, 1.165) is 9.95 Å². The van der Waals surface area contributed by atoms with E-state index < -0.39 is 6.09 Å². The summed E-state index contributed by atoms with van der Waals surface area (Å²) in [5.41, 5.74) is 0.472. The number of rotatable bonds is 0. The summed E-state index contributed by atoms with van der Waals surface area (Å²) >= 11 is 0. The molecule has 0 saturated carbocycles. The van der Waals surface area contributed by atoms with Gasteiger partial charge in [0.1, 0.15) is 0 Å². The molecule has 4 nitrogen and oxygen atoms in total. The molecule has 2 aromatic rings. The predicted molar refractivity (Wildman–Crippen MR) is 49.2 cm³/mol. The molecule has 2 N–H and O–H groups in total. The number of aromatic nitrogens is 1. The number of hydrogen-bond donors (Lipinski definition) is 2. The van der Waals surface area contributed by atoms with Gasteiger partial charge < -0.3 is 10.2 Å². The standard InChI is InChI=1S/C10H7NO3/c12-9-6-5-7-3-1-2-4-8(7)11(9)10(13)14/h1-6H,(H,13,14)/p+1. The van der Waals surface area contributed by atoms with E-state index in [1.54, 1.807) is 24.3 Å². The second kappa shape index (κ2) is 2.99. The van der Waals surface area contributed by atoms with Crippen molar-refractivity contribution >= 4 is 17.0 Å². The highest BCUT2D eigenvalue weighted by Crippen LogP contribution is 2.12. The third kappa shape index (κ3) is 1.17. The third-order valence-corrected chi connectivity index (χ3v) is 2.01. The second-order valence-corrected chi connectivity index (χ2v) is 2.87. The number of fused-ring (bicyclic) bond motifs is 1. The molecular weight excluding hydrogens is 182 g/mol. The molecule has 14 heavy (non-hydrogen) atoms. The highest BCUT2D eigenvalue weighted by atomic mass is 16.4. The second-order valence-electron chi connectivity index (χ2n) is 2.87. The number of aromatic hydroxyl groups is 1. The Labute approximate surface area is 79.7 Å². The van der Waals surface area contributed by atoms with Crippen LogP contribution in [0.3, 0.4) is 0 Å². The minimum absolute atomic E-state index is 0.281. The van der Waals surface area contributed by atoms with Crippen molar-refractivity contribution in [1.29, 1.82) is 0 Å². The SMILES string of the molecule is O=C(O)[n+]1c(O)ccc2ccccc21. The molecule has 0 fully saturated rings. The molecule has 0 bridgehead atoms. The molecule has 0 radical (unpaired) electrons. The van der Waals surface area contributed by atoms with Crippen LogP contribution in [0.5, 0.6) is 5.88 Å². The van der Waals surface area contributed by atoms with Crippen LogP contribution in [0.25, 0.3) is 10.9 Å². The van der Waals surface area contributed by atoms with Gasteiger partial charge in [0, 0.05) is 11.5 Å². The van der Waals surface area contributed by atoms with Crippen molar-refractivity contribution in [2.24, 2.45) is 0 Å². The Kier molecular flexibility index (Phi) is 1.81. The molecular formula is C10H8NO3+. The molecule has 1 aromatic carbocycles. The van der Waals surface area contributed by atoms with Crippen molar-refractivity contribution in [2.45, 2.75) is 0 Å². The summed E-state index contributed by atoms with van der Waals surface area (Å²) in [5.74, 6) is -0.281. The van der Waals surface area contributed by atoms with Gasteiger partial charge in [0.2, 0.25) is 5.52 Å². The first-order valence-corrected chi connectivity index (χ1v) is 4.06. The van der Waals surface area contributed by atoms with Crippen LogP contribution in [0.15, 0.2) is 36.4 Å². The lowest BCUT2D eigenvalue weighted by Crippen LogP contribution is -2.42. The van der Waals surface area contributed by atoms with Gasteiger partial charge in [-0.05, 0) is 16.7 Å². The van der Waals surface area contributed by atoms with E-state index in [-0.39, 0.29) is 5.88 Å². The highest BCUT2D eigenvalue weighted by Gasteiger charge is 2.22. The van der Waals surface area contributed by atoms with Crippen molar-refractivity contribution in [2.75, 3.05) is 0 Å². The predicted octanol–water partition coefficient (Wildman–Crippen LogP) is 1.36.